The zero-order valence-corrected chi connectivity index (χ0v) is 11.5. The second kappa shape index (κ2) is 4.40. The van der Waals surface area contributed by atoms with Crippen molar-refractivity contribution < 1.29 is 5.11 Å². The Morgan fingerprint density at radius 1 is 1.12 bits per heavy atom. The van der Waals surface area contributed by atoms with E-state index in [1.807, 2.05) is 0 Å². The van der Waals surface area contributed by atoms with Crippen LogP contribution in [0.3, 0.4) is 0 Å². The summed E-state index contributed by atoms with van der Waals surface area (Å²) in [5.74, 6) is 3.35. The molecule has 2 spiro atoms. The maximum atomic E-state index is 9.33. The van der Waals surface area contributed by atoms with Gasteiger partial charge in [-0.3, -0.25) is 0 Å². The van der Waals surface area contributed by atoms with Crippen LogP contribution in [-0.4, -0.2) is 27.3 Å². The van der Waals surface area contributed by atoms with E-state index in [1.165, 1.54) is 56.5 Å². The molecule has 0 bridgehead atoms. The summed E-state index contributed by atoms with van der Waals surface area (Å²) in [7, 11) is 0. The highest BCUT2D eigenvalue weighted by molar-refractivity contribution is 8.21. The van der Waals surface area contributed by atoms with Gasteiger partial charge in [-0.25, -0.2) is 0 Å². The van der Waals surface area contributed by atoms with Gasteiger partial charge in [-0.05, 0) is 49.9 Å². The van der Waals surface area contributed by atoms with Crippen molar-refractivity contribution in [3.8, 4) is 0 Å². The largest absolute Gasteiger partial charge is 0.396 e. The molecule has 2 aliphatic carbocycles. The maximum absolute atomic E-state index is 9.33. The monoisotopic (exact) mass is 258 g/mol. The molecule has 1 saturated heterocycles. The van der Waals surface area contributed by atoms with E-state index in [9.17, 15) is 5.11 Å². The van der Waals surface area contributed by atoms with Crippen LogP contribution in [-0.2, 0) is 0 Å². The van der Waals surface area contributed by atoms with E-state index in [0.717, 1.165) is 0 Å². The van der Waals surface area contributed by atoms with Crippen LogP contribution in [0.15, 0.2) is 0 Å². The molecule has 2 unspecified atom stereocenters. The first-order chi connectivity index (χ1) is 7.76. The standard InChI is InChI=1S/C13H22OS2/c14-9-11-2-5-12(8-11)3-1-4-13(10-12)15-6-7-16-13/h11,14H,1-10H2. The summed E-state index contributed by atoms with van der Waals surface area (Å²) in [4.78, 5) is 0. The molecular weight excluding hydrogens is 236 g/mol. The molecule has 2 saturated carbocycles. The fraction of sp³-hybridized carbons (Fsp3) is 1.00. The van der Waals surface area contributed by atoms with Gasteiger partial charge < -0.3 is 5.11 Å². The van der Waals surface area contributed by atoms with Gasteiger partial charge in [-0.2, -0.15) is 0 Å². The van der Waals surface area contributed by atoms with Crippen molar-refractivity contribution in [3.63, 3.8) is 0 Å². The van der Waals surface area contributed by atoms with E-state index in [1.54, 1.807) is 0 Å². The minimum Gasteiger partial charge on any atom is -0.396 e. The summed E-state index contributed by atoms with van der Waals surface area (Å²) >= 11 is 4.47. The molecule has 0 aromatic heterocycles. The molecule has 1 N–H and O–H groups in total. The van der Waals surface area contributed by atoms with Crippen molar-refractivity contribution in [1.82, 2.24) is 0 Å². The van der Waals surface area contributed by atoms with Gasteiger partial charge in [0.25, 0.3) is 0 Å². The van der Waals surface area contributed by atoms with Crippen LogP contribution in [0.2, 0.25) is 0 Å². The minimum atomic E-state index is 0.426. The average molecular weight is 258 g/mol. The summed E-state index contributed by atoms with van der Waals surface area (Å²) < 4.78 is 0.586. The van der Waals surface area contributed by atoms with Gasteiger partial charge in [0.15, 0.2) is 0 Å². The Balaban J connectivity index is 1.72. The number of aliphatic hydroxyl groups is 1. The number of hydrogen-bond donors (Lipinski definition) is 1. The van der Waals surface area contributed by atoms with Gasteiger partial charge in [-0.15, -0.1) is 23.5 Å². The molecule has 0 amide bonds. The number of thioether (sulfide) groups is 2. The third-order valence-electron chi connectivity index (χ3n) is 4.79. The van der Waals surface area contributed by atoms with Crippen molar-refractivity contribution in [3.05, 3.63) is 0 Å². The van der Waals surface area contributed by atoms with Crippen LogP contribution in [0.4, 0.5) is 0 Å². The highest BCUT2D eigenvalue weighted by atomic mass is 32.2. The van der Waals surface area contributed by atoms with Gasteiger partial charge in [0, 0.05) is 18.1 Å². The fourth-order valence-corrected chi connectivity index (χ4v) is 7.73. The molecule has 0 aromatic rings. The first kappa shape index (κ1) is 11.7. The Morgan fingerprint density at radius 3 is 2.62 bits per heavy atom. The zero-order valence-electron chi connectivity index (χ0n) is 9.91. The highest BCUT2D eigenvalue weighted by Gasteiger charge is 2.49. The Bertz CT molecular complexity index is 263. The average Bonchev–Trinajstić information content (AvgIpc) is 2.87. The normalized spacial score (nSPS) is 42.2. The summed E-state index contributed by atoms with van der Waals surface area (Å²) in [5.41, 5.74) is 0.621. The van der Waals surface area contributed by atoms with Crippen molar-refractivity contribution >= 4 is 23.5 Å². The second-order valence-electron chi connectivity index (χ2n) is 5.93. The summed E-state index contributed by atoms with van der Waals surface area (Å²) in [6.07, 6.45) is 9.72. The van der Waals surface area contributed by atoms with E-state index in [0.29, 0.717) is 22.0 Å². The lowest BCUT2D eigenvalue weighted by Crippen LogP contribution is -2.34. The van der Waals surface area contributed by atoms with Crippen LogP contribution in [0.1, 0.15) is 44.9 Å². The van der Waals surface area contributed by atoms with Crippen LogP contribution < -0.4 is 0 Å². The first-order valence-electron chi connectivity index (χ1n) is 6.65. The molecule has 3 fully saturated rings. The van der Waals surface area contributed by atoms with E-state index in [-0.39, 0.29) is 0 Å². The Labute approximate surface area is 107 Å². The highest BCUT2D eigenvalue weighted by Crippen LogP contribution is 2.62. The van der Waals surface area contributed by atoms with Gasteiger partial charge >= 0.3 is 0 Å². The molecule has 1 aliphatic heterocycles. The van der Waals surface area contributed by atoms with E-state index in [4.69, 9.17) is 0 Å². The molecule has 1 heterocycles. The molecule has 1 nitrogen and oxygen atoms in total. The van der Waals surface area contributed by atoms with E-state index in [2.05, 4.69) is 23.5 Å². The zero-order chi connectivity index (χ0) is 11.1. The second-order valence-corrected chi connectivity index (χ2v) is 9.14. The Kier molecular flexibility index (Phi) is 3.23. The van der Waals surface area contributed by atoms with Crippen molar-refractivity contribution in [2.45, 2.75) is 49.0 Å². The van der Waals surface area contributed by atoms with Gasteiger partial charge in [0.05, 0.1) is 4.08 Å². The SMILES string of the molecule is OCC1CCC2(CCCC3(C2)SCCS3)C1. The lowest BCUT2D eigenvalue weighted by Gasteiger charge is -2.44. The van der Waals surface area contributed by atoms with Crippen molar-refractivity contribution in [1.29, 1.82) is 0 Å². The Hall–Kier alpha value is 0.660. The molecule has 3 aliphatic rings. The molecule has 2 atom stereocenters. The molecule has 92 valence electrons. The van der Waals surface area contributed by atoms with Gasteiger partial charge in [0.1, 0.15) is 0 Å². The smallest absolute Gasteiger partial charge is 0.0617 e. The quantitative estimate of drug-likeness (QED) is 0.777. The van der Waals surface area contributed by atoms with Crippen molar-refractivity contribution in [2.75, 3.05) is 18.1 Å². The molecule has 3 heteroatoms. The van der Waals surface area contributed by atoms with Crippen LogP contribution >= 0.6 is 23.5 Å². The molecular formula is C13H22OS2. The maximum Gasteiger partial charge on any atom is 0.0617 e. The third-order valence-corrected chi connectivity index (χ3v) is 8.32. The number of rotatable bonds is 1. The number of aliphatic hydroxyl groups excluding tert-OH is 1. The van der Waals surface area contributed by atoms with Crippen LogP contribution in [0.25, 0.3) is 0 Å². The lowest BCUT2D eigenvalue weighted by molar-refractivity contribution is 0.165. The van der Waals surface area contributed by atoms with Crippen LogP contribution in [0.5, 0.6) is 0 Å². The molecule has 16 heavy (non-hydrogen) atoms. The lowest BCUT2D eigenvalue weighted by atomic mass is 9.72. The predicted octanol–water partition coefficient (Wildman–Crippen LogP) is 3.52. The molecule has 0 aromatic carbocycles. The van der Waals surface area contributed by atoms with Crippen LogP contribution in [0, 0.1) is 11.3 Å². The summed E-state index contributed by atoms with van der Waals surface area (Å²) in [6, 6.07) is 0. The van der Waals surface area contributed by atoms with Crippen molar-refractivity contribution in [2.24, 2.45) is 11.3 Å². The summed E-state index contributed by atoms with van der Waals surface area (Å²) in [5, 5.41) is 9.33. The van der Waals surface area contributed by atoms with Gasteiger partial charge in [0.2, 0.25) is 0 Å². The molecule has 0 radical (unpaired) electrons. The fourth-order valence-electron chi connectivity index (χ4n) is 4.09. The summed E-state index contributed by atoms with van der Waals surface area (Å²) in [6.45, 7) is 0.426. The van der Waals surface area contributed by atoms with Gasteiger partial charge in [-0.1, -0.05) is 6.42 Å². The molecule has 3 rings (SSSR count). The third kappa shape index (κ3) is 2.04. The van der Waals surface area contributed by atoms with E-state index < -0.39 is 0 Å². The number of hydrogen-bond acceptors (Lipinski definition) is 3. The first-order valence-corrected chi connectivity index (χ1v) is 8.62. The van der Waals surface area contributed by atoms with E-state index >= 15 is 0 Å². The predicted molar refractivity (Wildman–Crippen MR) is 73.0 cm³/mol. The minimum absolute atomic E-state index is 0.426. The Morgan fingerprint density at radius 2 is 1.94 bits per heavy atom. The topological polar surface area (TPSA) is 20.2 Å².